The number of hydrogen-bond acceptors (Lipinski definition) is 12. The van der Waals surface area contributed by atoms with Gasteiger partial charge >= 0.3 is 0 Å². The number of nitrogens with one attached hydrogen (secondary N) is 3. The molecule has 2 saturated heterocycles. The van der Waals surface area contributed by atoms with E-state index in [9.17, 15) is 33.6 Å². The Balaban J connectivity index is 1.17. The van der Waals surface area contributed by atoms with E-state index >= 15 is 0 Å². The SMILES string of the molecule is CCC(C)C(C(CC(=O)N1CCC[C@H]1C(OC)C(C)C(=O)NC(Cc1ccccc1)C(=O)NCCOCCOCCN1C(=O)C=CC1=O)OC)N(C)C(=O)C(NC(=O)C1[C@H]2CC[C@H](C2)N1C)C(C)C. The van der Waals surface area contributed by atoms with E-state index in [1.54, 1.807) is 30.9 Å². The van der Waals surface area contributed by atoms with Gasteiger partial charge in [-0.3, -0.25) is 43.4 Å². The predicted octanol–water partition coefficient (Wildman–Crippen LogP) is 2.33. The van der Waals surface area contributed by atoms with Gasteiger partial charge in [-0.25, -0.2) is 0 Å². The fourth-order valence-electron chi connectivity index (χ4n) is 10.7. The van der Waals surface area contributed by atoms with Crippen molar-refractivity contribution in [3.63, 3.8) is 0 Å². The van der Waals surface area contributed by atoms with Gasteiger partial charge in [0, 0.05) is 59.0 Å². The molecule has 2 bridgehead atoms. The van der Waals surface area contributed by atoms with E-state index in [0.29, 0.717) is 31.3 Å². The average molecular weight is 966 g/mol. The highest BCUT2D eigenvalue weighted by Gasteiger charge is 2.49. The van der Waals surface area contributed by atoms with Gasteiger partial charge in [-0.15, -0.1) is 0 Å². The number of likely N-dealkylation sites (N-methyl/N-ethyl adjacent to an activating group) is 2. The van der Waals surface area contributed by atoms with E-state index in [0.717, 1.165) is 36.1 Å². The third-order valence-corrected chi connectivity index (χ3v) is 14.9. The topological polar surface area (TPSA) is 205 Å². The van der Waals surface area contributed by atoms with Crippen LogP contribution in [0.25, 0.3) is 0 Å². The molecule has 11 atom stereocenters. The number of carbonyl (C=O) groups is 7. The molecule has 5 rings (SSSR count). The van der Waals surface area contributed by atoms with Crippen LogP contribution in [0, 0.1) is 23.7 Å². The van der Waals surface area contributed by atoms with Gasteiger partial charge in [0.2, 0.25) is 29.5 Å². The van der Waals surface area contributed by atoms with Crippen LogP contribution in [0.2, 0.25) is 0 Å². The predicted molar refractivity (Wildman–Crippen MR) is 258 cm³/mol. The lowest BCUT2D eigenvalue weighted by molar-refractivity contribution is -0.148. The summed E-state index contributed by atoms with van der Waals surface area (Å²) in [7, 11) is 6.83. The Labute approximate surface area is 408 Å². The Hall–Kier alpha value is -4.75. The highest BCUT2D eigenvalue weighted by Crippen LogP contribution is 2.41. The van der Waals surface area contributed by atoms with Crippen molar-refractivity contribution in [3.8, 4) is 0 Å². The van der Waals surface area contributed by atoms with Gasteiger partial charge in [0.1, 0.15) is 12.1 Å². The summed E-state index contributed by atoms with van der Waals surface area (Å²) in [5.41, 5.74) is 0.853. The number of rotatable bonds is 28. The maximum atomic E-state index is 14.5. The van der Waals surface area contributed by atoms with E-state index < -0.39 is 48.2 Å². The van der Waals surface area contributed by atoms with E-state index in [2.05, 4.69) is 20.9 Å². The second-order valence-corrected chi connectivity index (χ2v) is 19.6. The summed E-state index contributed by atoms with van der Waals surface area (Å²) in [5, 5.41) is 8.96. The third kappa shape index (κ3) is 14.2. The van der Waals surface area contributed by atoms with Gasteiger partial charge in [-0.2, -0.15) is 0 Å². The standard InChI is InChI=1S/C51H79N7O11/c1-10-33(4)45(56(7)51(65)44(32(2)3)54-50(64)46-36-18-19-37(30-36)55(46)6)40(66-8)31-43(61)57-23-14-17-39(57)47(67-9)34(5)48(62)53-38(29-35-15-12-11-13-16-35)49(63)52-22-25-68-27-28-69-26-24-58-41(59)20-21-42(58)60/h11-13,15-16,20-21,32-34,36-40,44-47H,10,14,17-19,22-31H2,1-9H3,(H,52,63)(H,53,62)(H,54,64)/t33?,34?,36-,37+,38?,39-,40?,44?,45?,46?,47?/m0/s1. The molecule has 0 spiro atoms. The Morgan fingerprint density at radius 3 is 2.14 bits per heavy atom. The lowest BCUT2D eigenvalue weighted by atomic mass is 9.89. The number of methoxy groups -OCH3 is 2. The molecule has 3 N–H and O–H groups in total. The number of imide groups is 1. The third-order valence-electron chi connectivity index (χ3n) is 14.9. The summed E-state index contributed by atoms with van der Waals surface area (Å²) < 4.78 is 23.2. The Morgan fingerprint density at radius 2 is 1.54 bits per heavy atom. The first kappa shape index (κ1) is 55.2. The number of amides is 7. The van der Waals surface area contributed by atoms with Crippen LogP contribution in [0.1, 0.15) is 85.1 Å². The largest absolute Gasteiger partial charge is 0.379 e. The number of ether oxygens (including phenoxy) is 4. The highest BCUT2D eigenvalue weighted by atomic mass is 16.5. The van der Waals surface area contributed by atoms with Gasteiger partial charge in [0.15, 0.2) is 0 Å². The van der Waals surface area contributed by atoms with Gasteiger partial charge in [0.25, 0.3) is 11.8 Å². The number of carbonyl (C=O) groups excluding carboxylic acids is 7. The molecule has 0 aromatic heterocycles. The van der Waals surface area contributed by atoms with E-state index in [-0.39, 0.29) is 106 Å². The number of piperidine rings is 1. The van der Waals surface area contributed by atoms with Crippen molar-refractivity contribution in [1.82, 2.24) is 35.6 Å². The minimum atomic E-state index is -0.919. The molecule has 18 heteroatoms. The lowest BCUT2D eigenvalue weighted by Crippen LogP contribution is -2.60. The summed E-state index contributed by atoms with van der Waals surface area (Å²) in [6, 6.07) is 6.95. The van der Waals surface area contributed by atoms with Crippen LogP contribution in [0.15, 0.2) is 42.5 Å². The van der Waals surface area contributed by atoms with Crippen molar-refractivity contribution in [1.29, 1.82) is 0 Å². The molecule has 1 aromatic carbocycles. The van der Waals surface area contributed by atoms with Crippen molar-refractivity contribution < 1.29 is 52.5 Å². The second kappa shape index (κ2) is 26.5. The van der Waals surface area contributed by atoms with E-state index in [4.69, 9.17) is 18.9 Å². The van der Waals surface area contributed by atoms with Crippen molar-refractivity contribution in [2.75, 3.05) is 74.4 Å². The number of nitrogens with zero attached hydrogens (tertiary/aromatic N) is 4. The highest BCUT2D eigenvalue weighted by molar-refractivity contribution is 6.12. The van der Waals surface area contributed by atoms with Crippen molar-refractivity contribution in [3.05, 3.63) is 48.0 Å². The van der Waals surface area contributed by atoms with Crippen LogP contribution in [0.3, 0.4) is 0 Å². The van der Waals surface area contributed by atoms with Gasteiger partial charge < -0.3 is 44.7 Å². The first-order chi connectivity index (χ1) is 33.0. The molecule has 1 aliphatic carbocycles. The Morgan fingerprint density at radius 1 is 0.855 bits per heavy atom. The zero-order valence-electron chi connectivity index (χ0n) is 42.4. The first-order valence-electron chi connectivity index (χ1n) is 25.0. The number of likely N-dealkylation sites (tertiary alicyclic amines) is 2. The molecular weight excluding hydrogens is 887 g/mol. The zero-order chi connectivity index (χ0) is 50.4. The summed E-state index contributed by atoms with van der Waals surface area (Å²) >= 11 is 0. The molecule has 7 amide bonds. The van der Waals surface area contributed by atoms with Crippen LogP contribution < -0.4 is 16.0 Å². The van der Waals surface area contributed by atoms with Crippen LogP contribution in [0.5, 0.6) is 0 Å². The summed E-state index contributed by atoms with van der Waals surface area (Å²) in [6.45, 7) is 11.3. The number of fused-ring (bicyclic) bond motifs is 2. The number of benzene rings is 1. The molecule has 1 saturated carbocycles. The van der Waals surface area contributed by atoms with Gasteiger partial charge in [-0.05, 0) is 62.5 Å². The summed E-state index contributed by atoms with van der Waals surface area (Å²) in [5.74, 6) is -2.71. The van der Waals surface area contributed by atoms with E-state index in [1.807, 2.05) is 65.1 Å². The molecule has 3 fully saturated rings. The molecule has 1 aromatic rings. The fourth-order valence-corrected chi connectivity index (χ4v) is 10.7. The van der Waals surface area contributed by atoms with E-state index in [1.165, 1.54) is 19.3 Å². The summed E-state index contributed by atoms with van der Waals surface area (Å²) in [6.07, 6.45) is 6.46. The molecule has 3 heterocycles. The minimum absolute atomic E-state index is 0.0116. The fraction of sp³-hybridized carbons (Fsp3) is 0.706. The molecule has 4 aliphatic rings. The minimum Gasteiger partial charge on any atom is -0.379 e. The monoisotopic (exact) mass is 966 g/mol. The molecule has 0 radical (unpaired) electrons. The molecule has 69 heavy (non-hydrogen) atoms. The van der Waals surface area contributed by atoms with Crippen molar-refractivity contribution >= 4 is 41.4 Å². The molecular formula is C51H79N7O11. The quantitative estimate of drug-likeness (QED) is 0.0819. The Bertz CT molecular complexity index is 1920. The maximum absolute atomic E-state index is 14.5. The van der Waals surface area contributed by atoms with Gasteiger partial charge in [0.05, 0.1) is 75.6 Å². The summed E-state index contributed by atoms with van der Waals surface area (Å²) in [4.78, 5) is 100. The molecule has 18 nitrogen and oxygen atoms in total. The normalized spacial score (nSPS) is 23.2. The average Bonchev–Trinajstić information content (AvgIpc) is 4.15. The first-order valence-corrected chi connectivity index (χ1v) is 25.0. The van der Waals surface area contributed by atoms with Crippen LogP contribution >= 0.6 is 0 Å². The molecule has 384 valence electrons. The van der Waals surface area contributed by atoms with Crippen LogP contribution in [-0.2, 0) is 58.9 Å². The lowest BCUT2D eigenvalue weighted by Gasteiger charge is -2.41. The van der Waals surface area contributed by atoms with Crippen LogP contribution in [-0.4, -0.2) is 184 Å². The number of hydrogen-bond donors (Lipinski definition) is 3. The zero-order valence-corrected chi connectivity index (χ0v) is 42.4. The van der Waals surface area contributed by atoms with Crippen molar-refractivity contribution in [2.45, 2.75) is 134 Å². The second-order valence-electron chi connectivity index (χ2n) is 19.6. The van der Waals surface area contributed by atoms with Crippen molar-refractivity contribution in [2.24, 2.45) is 23.7 Å². The molecule has 3 aliphatic heterocycles. The maximum Gasteiger partial charge on any atom is 0.253 e. The Kier molecular flexibility index (Phi) is 21.2. The smallest absolute Gasteiger partial charge is 0.253 e. The van der Waals surface area contributed by atoms with Crippen LogP contribution in [0.4, 0.5) is 0 Å². The van der Waals surface area contributed by atoms with Gasteiger partial charge in [-0.1, -0.05) is 71.4 Å². The molecule has 8 unspecified atom stereocenters.